The van der Waals surface area contributed by atoms with Crippen LogP contribution in [0.3, 0.4) is 0 Å². The van der Waals surface area contributed by atoms with Crippen molar-refractivity contribution in [3.8, 4) is 5.75 Å². The zero-order chi connectivity index (χ0) is 19.7. The maximum atomic E-state index is 14.9. The molecule has 6 heteroatoms. The molecule has 0 aliphatic heterocycles. The van der Waals surface area contributed by atoms with Crippen LogP contribution < -0.4 is 10.1 Å². The lowest BCUT2D eigenvalue weighted by atomic mass is 10.2. The first-order valence-corrected chi connectivity index (χ1v) is 10.5. The van der Waals surface area contributed by atoms with Crippen LogP contribution in [0.25, 0.3) is 21.8 Å². The Morgan fingerprint density at radius 3 is 2.21 bits per heavy atom. The monoisotopic (exact) mass is 504 g/mol. The number of alkyl halides is 1. The van der Waals surface area contributed by atoms with E-state index in [-0.39, 0.29) is 13.1 Å². The first kappa shape index (κ1) is 19.3. The number of nitrogens with zero attached hydrogens (tertiary/aromatic N) is 1. The Morgan fingerprint density at radius 1 is 0.964 bits per heavy atom. The molecule has 28 heavy (non-hydrogen) atoms. The first-order valence-electron chi connectivity index (χ1n) is 8.94. The summed E-state index contributed by atoms with van der Waals surface area (Å²) in [5, 5.41) is 5.38. The van der Waals surface area contributed by atoms with Crippen LogP contribution in [0.1, 0.15) is 0 Å². The van der Waals surface area contributed by atoms with Gasteiger partial charge in [0.2, 0.25) is 0 Å². The lowest BCUT2D eigenvalue weighted by molar-refractivity contribution is 0.316. The molecule has 1 atom stereocenters. The predicted octanol–water partition coefficient (Wildman–Crippen LogP) is 6.78. The summed E-state index contributed by atoms with van der Waals surface area (Å²) in [6, 6.07) is 19.8. The lowest BCUT2D eigenvalue weighted by Gasteiger charge is -2.14. The fraction of sp³-hybridized carbons (Fsp3) is 0.182. The van der Waals surface area contributed by atoms with E-state index in [1.807, 2.05) is 48.5 Å². The van der Waals surface area contributed by atoms with E-state index in [0.29, 0.717) is 0 Å². The molecule has 0 fully saturated rings. The molecular formula is C22H19Br2FN2O. The number of ether oxygens (including phenoxy) is 1. The van der Waals surface area contributed by atoms with Crippen molar-refractivity contribution < 1.29 is 9.13 Å². The Labute approximate surface area is 179 Å². The first-order chi connectivity index (χ1) is 13.5. The van der Waals surface area contributed by atoms with Gasteiger partial charge in [-0.25, -0.2) is 4.39 Å². The van der Waals surface area contributed by atoms with Crippen molar-refractivity contribution in [3.05, 3.63) is 69.6 Å². The van der Waals surface area contributed by atoms with E-state index in [1.165, 1.54) is 0 Å². The SMILES string of the molecule is COc1cccc(NC[C@@H](F)Cn2c3ccc(Br)cc3c3cc(Br)ccc32)c1. The van der Waals surface area contributed by atoms with Crippen molar-refractivity contribution in [2.45, 2.75) is 12.7 Å². The van der Waals surface area contributed by atoms with Crippen LogP contribution in [-0.2, 0) is 6.54 Å². The van der Waals surface area contributed by atoms with Gasteiger partial charge in [-0.15, -0.1) is 0 Å². The largest absolute Gasteiger partial charge is 0.497 e. The molecule has 0 aliphatic carbocycles. The molecule has 0 bridgehead atoms. The molecule has 3 nitrogen and oxygen atoms in total. The summed E-state index contributed by atoms with van der Waals surface area (Å²) in [5.74, 6) is 0.749. The molecule has 1 N–H and O–H groups in total. The number of fused-ring (bicyclic) bond motifs is 3. The second-order valence-electron chi connectivity index (χ2n) is 6.64. The summed E-state index contributed by atoms with van der Waals surface area (Å²) in [4.78, 5) is 0. The van der Waals surface area contributed by atoms with Crippen molar-refractivity contribution in [1.82, 2.24) is 4.57 Å². The highest BCUT2D eigenvalue weighted by Gasteiger charge is 2.15. The Balaban J connectivity index is 1.61. The molecule has 4 aromatic rings. The number of anilines is 1. The number of aromatic nitrogens is 1. The highest BCUT2D eigenvalue weighted by atomic mass is 79.9. The summed E-state index contributed by atoms with van der Waals surface area (Å²) < 4.78 is 24.2. The Kier molecular flexibility index (Phi) is 5.60. The summed E-state index contributed by atoms with van der Waals surface area (Å²) in [6.45, 7) is 0.502. The molecule has 0 saturated carbocycles. The number of rotatable bonds is 6. The maximum absolute atomic E-state index is 14.9. The number of benzene rings is 3. The Hall–Kier alpha value is -2.05. The maximum Gasteiger partial charge on any atom is 0.135 e. The highest BCUT2D eigenvalue weighted by Crippen LogP contribution is 2.33. The number of halogens is 3. The van der Waals surface area contributed by atoms with E-state index in [9.17, 15) is 4.39 Å². The molecule has 0 aliphatic rings. The third-order valence-electron chi connectivity index (χ3n) is 4.77. The second-order valence-corrected chi connectivity index (χ2v) is 8.48. The van der Waals surface area contributed by atoms with Crippen molar-refractivity contribution in [2.24, 2.45) is 0 Å². The summed E-state index contributed by atoms with van der Waals surface area (Å²) >= 11 is 7.09. The van der Waals surface area contributed by atoms with E-state index in [1.54, 1.807) is 7.11 Å². The average Bonchev–Trinajstić information content (AvgIpc) is 2.99. The fourth-order valence-electron chi connectivity index (χ4n) is 3.47. The van der Waals surface area contributed by atoms with Gasteiger partial charge in [0.1, 0.15) is 11.9 Å². The summed E-state index contributed by atoms with van der Waals surface area (Å²) in [6.07, 6.45) is -1.04. The van der Waals surface area contributed by atoms with Gasteiger partial charge in [0.05, 0.1) is 13.7 Å². The molecule has 0 saturated heterocycles. The van der Waals surface area contributed by atoms with Crippen LogP contribution in [0, 0.1) is 0 Å². The van der Waals surface area contributed by atoms with E-state index < -0.39 is 6.17 Å². The molecule has 0 amide bonds. The zero-order valence-electron chi connectivity index (χ0n) is 15.3. The Morgan fingerprint density at radius 2 is 1.61 bits per heavy atom. The summed E-state index contributed by atoms with van der Waals surface area (Å²) in [7, 11) is 1.62. The average molecular weight is 506 g/mol. The smallest absolute Gasteiger partial charge is 0.135 e. The van der Waals surface area contributed by atoms with Gasteiger partial charge >= 0.3 is 0 Å². The van der Waals surface area contributed by atoms with Gasteiger partial charge in [-0.05, 0) is 48.5 Å². The molecule has 0 unspecified atom stereocenters. The van der Waals surface area contributed by atoms with Gasteiger partial charge in [0.15, 0.2) is 0 Å². The van der Waals surface area contributed by atoms with Gasteiger partial charge in [-0.1, -0.05) is 37.9 Å². The van der Waals surface area contributed by atoms with Crippen molar-refractivity contribution in [1.29, 1.82) is 0 Å². The van der Waals surface area contributed by atoms with Crippen LogP contribution in [0.4, 0.5) is 10.1 Å². The minimum absolute atomic E-state index is 0.224. The van der Waals surface area contributed by atoms with Crippen LogP contribution in [0.15, 0.2) is 69.6 Å². The molecule has 1 aromatic heterocycles. The van der Waals surface area contributed by atoms with E-state index >= 15 is 0 Å². The second kappa shape index (κ2) is 8.13. The molecule has 3 aromatic carbocycles. The van der Waals surface area contributed by atoms with Crippen molar-refractivity contribution in [2.75, 3.05) is 19.0 Å². The van der Waals surface area contributed by atoms with E-state index in [4.69, 9.17) is 4.74 Å². The van der Waals surface area contributed by atoms with Crippen LogP contribution in [-0.4, -0.2) is 24.4 Å². The molecule has 144 valence electrons. The topological polar surface area (TPSA) is 26.2 Å². The molecular weight excluding hydrogens is 487 g/mol. The number of methoxy groups -OCH3 is 1. The van der Waals surface area contributed by atoms with Crippen molar-refractivity contribution in [3.63, 3.8) is 0 Å². The lowest BCUT2D eigenvalue weighted by Crippen LogP contribution is -2.21. The summed E-state index contributed by atoms with van der Waals surface area (Å²) in [5.41, 5.74) is 2.90. The van der Waals surface area contributed by atoms with E-state index in [0.717, 1.165) is 42.2 Å². The van der Waals surface area contributed by atoms with Gasteiger partial charge < -0.3 is 14.6 Å². The predicted molar refractivity (Wildman–Crippen MR) is 121 cm³/mol. The standard InChI is InChI=1S/C22H19Br2FN2O/c1-28-18-4-2-3-17(11-18)26-12-16(25)13-27-21-7-5-14(23)9-19(21)20-10-15(24)6-8-22(20)27/h2-11,16,26H,12-13H2,1H3/t16-/m1/s1. The number of hydrogen-bond acceptors (Lipinski definition) is 2. The third-order valence-corrected chi connectivity index (χ3v) is 5.75. The molecule has 0 radical (unpaired) electrons. The minimum atomic E-state index is -1.04. The normalized spacial score (nSPS) is 12.4. The van der Waals surface area contributed by atoms with Crippen LogP contribution >= 0.6 is 31.9 Å². The van der Waals surface area contributed by atoms with Gasteiger partial charge in [0, 0.05) is 49.0 Å². The number of hydrogen-bond donors (Lipinski definition) is 1. The molecule has 0 spiro atoms. The van der Waals surface area contributed by atoms with Gasteiger partial charge in [0.25, 0.3) is 0 Å². The van der Waals surface area contributed by atoms with Crippen molar-refractivity contribution >= 4 is 59.4 Å². The quantitative estimate of drug-likeness (QED) is 0.312. The zero-order valence-corrected chi connectivity index (χ0v) is 18.4. The minimum Gasteiger partial charge on any atom is -0.497 e. The van der Waals surface area contributed by atoms with Crippen LogP contribution in [0.5, 0.6) is 5.75 Å². The van der Waals surface area contributed by atoms with E-state index in [2.05, 4.69) is 53.9 Å². The molecule has 1 heterocycles. The Bertz CT molecular complexity index is 1080. The van der Waals surface area contributed by atoms with Gasteiger partial charge in [-0.2, -0.15) is 0 Å². The van der Waals surface area contributed by atoms with Gasteiger partial charge in [-0.3, -0.25) is 0 Å². The molecule has 4 rings (SSSR count). The number of nitrogens with one attached hydrogen (secondary N) is 1. The van der Waals surface area contributed by atoms with Crippen LogP contribution in [0.2, 0.25) is 0 Å². The third kappa shape index (κ3) is 3.89. The highest BCUT2D eigenvalue weighted by molar-refractivity contribution is 9.10. The fourth-order valence-corrected chi connectivity index (χ4v) is 4.19.